The number of pyridine rings is 1. The van der Waals surface area contributed by atoms with E-state index in [1.165, 1.54) is 0 Å². The van der Waals surface area contributed by atoms with E-state index < -0.39 is 0 Å². The minimum atomic E-state index is -0.373. The third-order valence-corrected chi connectivity index (χ3v) is 4.16. The van der Waals surface area contributed by atoms with Crippen LogP contribution in [0.1, 0.15) is 26.0 Å². The molecule has 1 N–H and O–H groups in total. The highest BCUT2D eigenvalue weighted by Gasteiger charge is 2.26. The van der Waals surface area contributed by atoms with Crippen molar-refractivity contribution in [2.24, 2.45) is 0 Å². The summed E-state index contributed by atoms with van der Waals surface area (Å²) in [5.41, 5.74) is 1.76. The first-order valence-electron chi connectivity index (χ1n) is 8.49. The first-order valence-corrected chi connectivity index (χ1v) is 8.49. The Hall–Kier alpha value is -2.05. The van der Waals surface area contributed by atoms with Crippen LogP contribution >= 0.6 is 0 Å². The quantitative estimate of drug-likeness (QED) is 0.906. The molecular weight excluding hydrogens is 304 g/mol. The Morgan fingerprint density at radius 2 is 2.25 bits per heavy atom. The summed E-state index contributed by atoms with van der Waals surface area (Å²) in [5.74, 6) is 1.53. The number of nitrogens with zero attached hydrogens (tertiary/aromatic N) is 4. The van der Waals surface area contributed by atoms with Crippen LogP contribution < -0.4 is 4.90 Å². The minimum absolute atomic E-state index is 0.120. The summed E-state index contributed by atoms with van der Waals surface area (Å²) in [6, 6.07) is 7.90. The summed E-state index contributed by atoms with van der Waals surface area (Å²) in [5, 5.41) is 9.78. The van der Waals surface area contributed by atoms with Crippen LogP contribution in [0.15, 0.2) is 30.5 Å². The highest BCUT2D eigenvalue weighted by molar-refractivity contribution is 5.54. The van der Waals surface area contributed by atoms with Crippen molar-refractivity contribution in [3.63, 3.8) is 0 Å². The van der Waals surface area contributed by atoms with Gasteiger partial charge in [-0.3, -0.25) is 4.98 Å². The summed E-state index contributed by atoms with van der Waals surface area (Å²) >= 11 is 0. The van der Waals surface area contributed by atoms with Crippen LogP contribution in [-0.4, -0.2) is 52.0 Å². The van der Waals surface area contributed by atoms with Crippen LogP contribution in [0.4, 0.5) is 5.82 Å². The zero-order chi connectivity index (χ0) is 16.9. The molecule has 3 heterocycles. The molecule has 2 aromatic heterocycles. The lowest BCUT2D eigenvalue weighted by molar-refractivity contribution is 0.0718. The van der Waals surface area contributed by atoms with Crippen molar-refractivity contribution in [2.75, 3.05) is 24.7 Å². The smallest absolute Gasteiger partial charge is 0.180 e. The molecule has 0 spiro atoms. The maximum Gasteiger partial charge on any atom is 0.180 e. The van der Waals surface area contributed by atoms with E-state index in [4.69, 9.17) is 9.72 Å². The number of rotatable bonds is 5. The zero-order valence-electron chi connectivity index (χ0n) is 14.2. The van der Waals surface area contributed by atoms with E-state index in [0.717, 1.165) is 30.2 Å². The third kappa shape index (κ3) is 3.88. The SMILES string of the molecule is CCc1cc(N2CCOCC2CC(C)O)nc(-c2ccccn2)n1. The molecule has 0 bridgehead atoms. The molecule has 2 unspecified atom stereocenters. The van der Waals surface area contributed by atoms with Gasteiger partial charge in [-0.05, 0) is 31.9 Å². The van der Waals surface area contributed by atoms with Crippen LogP contribution in [0.5, 0.6) is 0 Å². The monoisotopic (exact) mass is 328 g/mol. The van der Waals surface area contributed by atoms with Crippen LogP contribution in [0.25, 0.3) is 11.5 Å². The zero-order valence-corrected chi connectivity index (χ0v) is 14.2. The van der Waals surface area contributed by atoms with Crippen LogP contribution in [0.2, 0.25) is 0 Å². The van der Waals surface area contributed by atoms with Gasteiger partial charge in [0.05, 0.1) is 25.4 Å². The van der Waals surface area contributed by atoms with Gasteiger partial charge >= 0.3 is 0 Å². The number of aromatic nitrogens is 3. The lowest BCUT2D eigenvalue weighted by atomic mass is 10.1. The summed E-state index contributed by atoms with van der Waals surface area (Å²) < 4.78 is 5.60. The molecular formula is C18H24N4O2. The number of ether oxygens (including phenoxy) is 1. The van der Waals surface area contributed by atoms with Gasteiger partial charge in [0.2, 0.25) is 0 Å². The lowest BCUT2D eigenvalue weighted by Crippen LogP contribution is -2.47. The van der Waals surface area contributed by atoms with Crippen molar-refractivity contribution in [1.29, 1.82) is 0 Å². The molecule has 6 nitrogen and oxygen atoms in total. The Balaban J connectivity index is 1.96. The average molecular weight is 328 g/mol. The minimum Gasteiger partial charge on any atom is -0.393 e. The number of morpholine rings is 1. The number of aliphatic hydroxyl groups is 1. The average Bonchev–Trinajstić information content (AvgIpc) is 2.62. The summed E-state index contributed by atoms with van der Waals surface area (Å²) in [6.45, 7) is 5.93. The van der Waals surface area contributed by atoms with E-state index in [2.05, 4.69) is 21.8 Å². The van der Waals surface area contributed by atoms with Gasteiger partial charge in [0, 0.05) is 24.5 Å². The number of anilines is 1. The summed E-state index contributed by atoms with van der Waals surface area (Å²) in [6.07, 6.45) is 2.87. The van der Waals surface area contributed by atoms with Gasteiger partial charge in [-0.1, -0.05) is 13.0 Å². The van der Waals surface area contributed by atoms with E-state index >= 15 is 0 Å². The molecule has 6 heteroatoms. The van der Waals surface area contributed by atoms with Gasteiger partial charge in [-0.15, -0.1) is 0 Å². The van der Waals surface area contributed by atoms with Gasteiger partial charge in [-0.25, -0.2) is 9.97 Å². The molecule has 128 valence electrons. The van der Waals surface area contributed by atoms with Gasteiger partial charge in [0.15, 0.2) is 5.82 Å². The molecule has 0 radical (unpaired) electrons. The molecule has 1 aliphatic heterocycles. The standard InChI is InChI=1S/C18H24N4O2/c1-3-14-11-17(21-18(20-14)16-6-4-5-7-19-16)22-8-9-24-12-15(22)10-13(2)23/h4-7,11,13,15,23H,3,8-10,12H2,1-2H3. The van der Waals surface area contributed by atoms with E-state index in [-0.39, 0.29) is 12.1 Å². The second-order valence-electron chi connectivity index (χ2n) is 6.12. The Morgan fingerprint density at radius 3 is 2.96 bits per heavy atom. The first-order chi connectivity index (χ1) is 11.7. The molecule has 2 atom stereocenters. The van der Waals surface area contributed by atoms with Crippen molar-refractivity contribution in [3.8, 4) is 11.5 Å². The number of hydrogen-bond acceptors (Lipinski definition) is 6. The fourth-order valence-corrected chi connectivity index (χ4v) is 2.97. The van der Waals surface area contributed by atoms with Gasteiger partial charge in [0.1, 0.15) is 11.5 Å². The molecule has 0 saturated carbocycles. The topological polar surface area (TPSA) is 71.4 Å². The second kappa shape index (κ2) is 7.68. The van der Waals surface area contributed by atoms with Crippen molar-refractivity contribution >= 4 is 5.82 Å². The Kier molecular flexibility index (Phi) is 5.37. The maximum absolute atomic E-state index is 9.78. The van der Waals surface area contributed by atoms with E-state index in [1.807, 2.05) is 31.2 Å². The second-order valence-corrected chi connectivity index (χ2v) is 6.12. The summed E-state index contributed by atoms with van der Waals surface area (Å²) in [4.78, 5) is 16.0. The van der Waals surface area contributed by atoms with Crippen molar-refractivity contribution in [1.82, 2.24) is 15.0 Å². The van der Waals surface area contributed by atoms with E-state index in [0.29, 0.717) is 25.5 Å². The van der Waals surface area contributed by atoms with Gasteiger partial charge in [0.25, 0.3) is 0 Å². The molecule has 24 heavy (non-hydrogen) atoms. The molecule has 1 fully saturated rings. The van der Waals surface area contributed by atoms with Crippen molar-refractivity contribution in [2.45, 2.75) is 38.8 Å². The third-order valence-electron chi connectivity index (χ3n) is 4.16. The van der Waals surface area contributed by atoms with Crippen LogP contribution in [0.3, 0.4) is 0 Å². The predicted molar refractivity (Wildman–Crippen MR) is 92.9 cm³/mol. The lowest BCUT2D eigenvalue weighted by Gasteiger charge is -2.37. The first kappa shape index (κ1) is 16.8. The van der Waals surface area contributed by atoms with E-state index in [9.17, 15) is 5.11 Å². The molecule has 0 amide bonds. The molecule has 2 aromatic rings. The van der Waals surface area contributed by atoms with Crippen molar-refractivity contribution < 1.29 is 9.84 Å². The predicted octanol–water partition coefficient (Wildman–Crippen LogP) is 2.08. The Labute approximate surface area is 142 Å². The van der Waals surface area contributed by atoms with Crippen LogP contribution in [0, 0.1) is 0 Å². The highest BCUT2D eigenvalue weighted by atomic mass is 16.5. The fourth-order valence-electron chi connectivity index (χ4n) is 2.97. The number of hydrogen-bond donors (Lipinski definition) is 1. The largest absolute Gasteiger partial charge is 0.393 e. The molecule has 0 aliphatic carbocycles. The molecule has 3 rings (SSSR count). The van der Waals surface area contributed by atoms with Crippen LogP contribution in [-0.2, 0) is 11.2 Å². The number of aryl methyl sites for hydroxylation is 1. The molecule has 1 saturated heterocycles. The fraction of sp³-hybridized carbons (Fsp3) is 0.500. The summed E-state index contributed by atoms with van der Waals surface area (Å²) in [7, 11) is 0. The normalized spacial score (nSPS) is 19.3. The maximum atomic E-state index is 9.78. The van der Waals surface area contributed by atoms with E-state index in [1.54, 1.807) is 6.20 Å². The Bertz CT molecular complexity index is 663. The van der Waals surface area contributed by atoms with Gasteiger partial charge in [-0.2, -0.15) is 0 Å². The molecule has 1 aliphatic rings. The number of aliphatic hydroxyl groups excluding tert-OH is 1. The molecule has 0 aromatic carbocycles. The Morgan fingerprint density at radius 1 is 1.38 bits per heavy atom. The van der Waals surface area contributed by atoms with Crippen molar-refractivity contribution in [3.05, 3.63) is 36.2 Å². The highest BCUT2D eigenvalue weighted by Crippen LogP contribution is 2.24. The van der Waals surface area contributed by atoms with Gasteiger partial charge < -0.3 is 14.7 Å².